The van der Waals surface area contributed by atoms with Crippen LogP contribution in [0.1, 0.15) is 26.7 Å². The van der Waals surface area contributed by atoms with Gasteiger partial charge in [0.2, 0.25) is 0 Å². The molecule has 1 aromatic rings. The fourth-order valence-electron chi connectivity index (χ4n) is 2.64. The second kappa shape index (κ2) is 5.75. The summed E-state index contributed by atoms with van der Waals surface area (Å²) >= 11 is 3.01. The van der Waals surface area contributed by atoms with E-state index in [9.17, 15) is 8.78 Å². The largest absolute Gasteiger partial charge is 0.366 e. The molecule has 0 unspecified atom stereocenters. The number of halogens is 3. The maximum atomic E-state index is 14.0. The molecule has 19 heavy (non-hydrogen) atoms. The molecule has 0 atom stereocenters. The maximum absolute atomic E-state index is 14.0. The summed E-state index contributed by atoms with van der Waals surface area (Å²) in [5, 5.41) is 3.51. The van der Waals surface area contributed by atoms with Crippen molar-refractivity contribution >= 4 is 21.6 Å². The summed E-state index contributed by atoms with van der Waals surface area (Å²) in [6, 6.07) is 2.48. The lowest BCUT2D eigenvalue weighted by Crippen LogP contribution is -2.60. The molecule has 1 heterocycles. The molecule has 1 fully saturated rings. The van der Waals surface area contributed by atoms with Crippen LogP contribution in [0.25, 0.3) is 0 Å². The van der Waals surface area contributed by atoms with Crippen molar-refractivity contribution in [2.45, 2.75) is 32.2 Å². The van der Waals surface area contributed by atoms with E-state index >= 15 is 0 Å². The number of anilines is 1. The van der Waals surface area contributed by atoms with E-state index < -0.39 is 5.82 Å². The van der Waals surface area contributed by atoms with Gasteiger partial charge in [-0.2, -0.15) is 0 Å². The number of piperazine rings is 1. The quantitative estimate of drug-likeness (QED) is 0.849. The molecule has 0 saturated carbocycles. The smallest absolute Gasteiger partial charge is 0.147 e. The summed E-state index contributed by atoms with van der Waals surface area (Å²) in [6.45, 7) is 6.44. The SMILES string of the molecule is CCC1(CC)CN(c2cc(F)c(Br)cc2F)CCN1. The highest BCUT2D eigenvalue weighted by Gasteiger charge is 2.32. The molecule has 2 nitrogen and oxygen atoms in total. The van der Waals surface area contributed by atoms with E-state index in [1.54, 1.807) is 0 Å². The molecule has 0 bridgehead atoms. The van der Waals surface area contributed by atoms with Crippen LogP contribution in [0.4, 0.5) is 14.5 Å². The molecule has 0 aliphatic carbocycles. The van der Waals surface area contributed by atoms with Crippen molar-refractivity contribution in [1.29, 1.82) is 0 Å². The monoisotopic (exact) mass is 332 g/mol. The van der Waals surface area contributed by atoms with Crippen molar-refractivity contribution in [2.24, 2.45) is 0 Å². The maximum Gasteiger partial charge on any atom is 0.147 e. The van der Waals surface area contributed by atoms with E-state index in [0.29, 0.717) is 18.8 Å². The molecule has 2 rings (SSSR count). The van der Waals surface area contributed by atoms with Crippen LogP contribution in [0, 0.1) is 11.6 Å². The molecule has 0 aromatic heterocycles. The first-order chi connectivity index (χ1) is 9.01. The minimum atomic E-state index is -0.423. The van der Waals surface area contributed by atoms with Crippen LogP contribution in [0.3, 0.4) is 0 Å². The molecule has 5 heteroatoms. The van der Waals surface area contributed by atoms with Gasteiger partial charge in [-0.1, -0.05) is 13.8 Å². The number of nitrogens with zero attached hydrogens (tertiary/aromatic N) is 1. The summed E-state index contributed by atoms with van der Waals surface area (Å²) in [5.41, 5.74) is 0.349. The number of nitrogens with one attached hydrogen (secondary N) is 1. The van der Waals surface area contributed by atoms with Crippen molar-refractivity contribution < 1.29 is 8.78 Å². The Balaban J connectivity index is 2.29. The summed E-state index contributed by atoms with van der Waals surface area (Å²) in [6.07, 6.45) is 1.95. The first kappa shape index (κ1) is 14.7. The van der Waals surface area contributed by atoms with Crippen molar-refractivity contribution in [1.82, 2.24) is 5.32 Å². The standard InChI is InChI=1S/C14H19BrF2N2/c1-3-14(4-2)9-19(6-5-18-14)13-8-11(16)10(15)7-12(13)17/h7-8,18H,3-6,9H2,1-2H3. The van der Waals surface area contributed by atoms with Gasteiger partial charge in [0.15, 0.2) is 0 Å². The van der Waals surface area contributed by atoms with Gasteiger partial charge in [-0.3, -0.25) is 0 Å². The zero-order valence-corrected chi connectivity index (χ0v) is 12.9. The molecular formula is C14H19BrF2N2. The molecule has 0 spiro atoms. The van der Waals surface area contributed by atoms with Crippen LogP contribution in [0.5, 0.6) is 0 Å². The second-order valence-corrected chi connectivity index (χ2v) is 5.91. The van der Waals surface area contributed by atoms with Gasteiger partial charge in [0.25, 0.3) is 0 Å². The highest BCUT2D eigenvalue weighted by molar-refractivity contribution is 9.10. The zero-order chi connectivity index (χ0) is 14.0. The molecule has 1 saturated heterocycles. The zero-order valence-electron chi connectivity index (χ0n) is 11.3. The Kier molecular flexibility index (Phi) is 4.46. The predicted molar refractivity (Wildman–Crippen MR) is 77.6 cm³/mol. The molecule has 1 N–H and O–H groups in total. The highest BCUT2D eigenvalue weighted by Crippen LogP contribution is 2.30. The molecule has 1 aliphatic rings. The molecule has 1 aliphatic heterocycles. The predicted octanol–water partition coefficient (Wildman–Crippen LogP) is 3.70. The second-order valence-electron chi connectivity index (χ2n) is 5.05. The van der Waals surface area contributed by atoms with Gasteiger partial charge in [-0.25, -0.2) is 8.78 Å². The van der Waals surface area contributed by atoms with E-state index in [1.807, 2.05) is 4.90 Å². The average Bonchev–Trinajstić information content (AvgIpc) is 2.43. The Hall–Kier alpha value is -0.680. The summed E-state index contributed by atoms with van der Waals surface area (Å²) in [5.74, 6) is -0.801. The topological polar surface area (TPSA) is 15.3 Å². The van der Waals surface area contributed by atoms with E-state index in [0.717, 1.165) is 19.4 Å². The molecule has 106 valence electrons. The molecule has 0 amide bonds. The van der Waals surface area contributed by atoms with Crippen LogP contribution in [0.2, 0.25) is 0 Å². The number of hydrogen-bond acceptors (Lipinski definition) is 2. The van der Waals surface area contributed by atoms with Gasteiger partial charge < -0.3 is 10.2 Å². The van der Waals surface area contributed by atoms with Crippen LogP contribution in [0.15, 0.2) is 16.6 Å². The van der Waals surface area contributed by atoms with Gasteiger partial charge in [-0.05, 0) is 34.8 Å². The van der Waals surface area contributed by atoms with Crippen molar-refractivity contribution in [3.63, 3.8) is 0 Å². The Bertz CT molecular complexity index is 461. The lowest BCUT2D eigenvalue weighted by Gasteiger charge is -2.44. The highest BCUT2D eigenvalue weighted by atomic mass is 79.9. The summed E-state index contributed by atoms with van der Waals surface area (Å²) in [4.78, 5) is 1.94. The fraction of sp³-hybridized carbons (Fsp3) is 0.571. The number of benzene rings is 1. The van der Waals surface area contributed by atoms with Gasteiger partial charge in [-0.15, -0.1) is 0 Å². The number of rotatable bonds is 3. The van der Waals surface area contributed by atoms with Crippen molar-refractivity contribution in [2.75, 3.05) is 24.5 Å². The Morgan fingerprint density at radius 3 is 2.58 bits per heavy atom. The minimum Gasteiger partial charge on any atom is -0.366 e. The third kappa shape index (κ3) is 2.92. The third-order valence-corrected chi connectivity index (χ3v) is 4.67. The van der Waals surface area contributed by atoms with Gasteiger partial charge >= 0.3 is 0 Å². The average molecular weight is 333 g/mol. The number of hydrogen-bond donors (Lipinski definition) is 1. The van der Waals surface area contributed by atoms with E-state index in [2.05, 4.69) is 35.1 Å². The lowest BCUT2D eigenvalue weighted by atomic mass is 9.90. The van der Waals surface area contributed by atoms with Crippen molar-refractivity contribution in [3.05, 3.63) is 28.2 Å². The fourth-order valence-corrected chi connectivity index (χ4v) is 2.96. The van der Waals surface area contributed by atoms with Gasteiger partial charge in [0.05, 0.1) is 10.2 Å². The summed E-state index contributed by atoms with van der Waals surface area (Å²) < 4.78 is 27.8. The van der Waals surface area contributed by atoms with E-state index in [4.69, 9.17) is 0 Å². The Morgan fingerprint density at radius 2 is 1.95 bits per heavy atom. The Morgan fingerprint density at radius 1 is 1.26 bits per heavy atom. The molecule has 1 aromatic carbocycles. The first-order valence-electron chi connectivity index (χ1n) is 6.66. The van der Waals surface area contributed by atoms with Crippen LogP contribution >= 0.6 is 15.9 Å². The van der Waals surface area contributed by atoms with Gasteiger partial charge in [0.1, 0.15) is 11.6 Å². The van der Waals surface area contributed by atoms with Crippen LogP contribution in [-0.2, 0) is 0 Å². The van der Waals surface area contributed by atoms with Crippen molar-refractivity contribution in [3.8, 4) is 0 Å². The Labute approximate surface area is 121 Å². The van der Waals surface area contributed by atoms with E-state index in [1.165, 1.54) is 12.1 Å². The molecule has 0 radical (unpaired) electrons. The van der Waals surface area contributed by atoms with Crippen LogP contribution in [-0.4, -0.2) is 25.2 Å². The third-order valence-electron chi connectivity index (χ3n) is 4.06. The van der Waals surface area contributed by atoms with E-state index in [-0.39, 0.29) is 15.8 Å². The summed E-state index contributed by atoms with van der Waals surface area (Å²) in [7, 11) is 0. The lowest BCUT2D eigenvalue weighted by molar-refractivity contribution is 0.276. The molecular weight excluding hydrogens is 314 g/mol. The first-order valence-corrected chi connectivity index (χ1v) is 7.45. The normalized spacial score (nSPS) is 18.7. The van der Waals surface area contributed by atoms with Crippen LogP contribution < -0.4 is 10.2 Å². The minimum absolute atomic E-state index is 0.00571. The van der Waals surface area contributed by atoms with Gasteiger partial charge in [0, 0.05) is 31.2 Å².